The van der Waals surface area contributed by atoms with Gasteiger partial charge in [-0.2, -0.15) is 0 Å². The number of carbonyl (C=O) groups is 4. The van der Waals surface area contributed by atoms with Crippen molar-refractivity contribution in [3.8, 4) is 0 Å². The molecule has 0 amide bonds. The minimum atomic E-state index is -4.96. The number of phosphoric ester groups is 2. The molecule has 3 N–H and O–H groups in total. The van der Waals surface area contributed by atoms with Crippen molar-refractivity contribution in [2.24, 2.45) is 23.7 Å². The van der Waals surface area contributed by atoms with E-state index in [-0.39, 0.29) is 25.7 Å². The van der Waals surface area contributed by atoms with Crippen molar-refractivity contribution in [3.05, 3.63) is 0 Å². The summed E-state index contributed by atoms with van der Waals surface area (Å²) in [6.45, 7) is 14.2. The summed E-state index contributed by atoms with van der Waals surface area (Å²) in [5.41, 5.74) is 0. The lowest BCUT2D eigenvalue weighted by Crippen LogP contribution is -2.30. The van der Waals surface area contributed by atoms with E-state index in [4.69, 9.17) is 37.0 Å². The van der Waals surface area contributed by atoms with E-state index < -0.39 is 97.5 Å². The molecule has 0 spiro atoms. The number of hydrogen-bond acceptors (Lipinski definition) is 15. The summed E-state index contributed by atoms with van der Waals surface area (Å²) < 4.78 is 68.5. The first kappa shape index (κ1) is 94.1. The van der Waals surface area contributed by atoms with Gasteiger partial charge in [-0.05, 0) is 49.4 Å². The highest BCUT2D eigenvalue weighted by atomic mass is 31.2. The Balaban J connectivity index is 5.24. The summed E-state index contributed by atoms with van der Waals surface area (Å²) in [5.74, 6) is 0.980. The van der Waals surface area contributed by atoms with E-state index in [2.05, 4.69) is 55.4 Å². The van der Waals surface area contributed by atoms with Crippen LogP contribution in [-0.4, -0.2) is 96.7 Å². The van der Waals surface area contributed by atoms with Gasteiger partial charge < -0.3 is 33.8 Å². The average molecular weight is 1410 g/mol. The predicted molar refractivity (Wildman–Crippen MR) is 391 cm³/mol. The van der Waals surface area contributed by atoms with Crippen LogP contribution >= 0.6 is 15.6 Å². The van der Waals surface area contributed by atoms with E-state index >= 15 is 0 Å². The maximum Gasteiger partial charge on any atom is 0.472 e. The third kappa shape index (κ3) is 67.9. The lowest BCUT2D eigenvalue weighted by Gasteiger charge is -2.21. The van der Waals surface area contributed by atoms with Crippen LogP contribution in [0.1, 0.15) is 389 Å². The van der Waals surface area contributed by atoms with E-state index in [0.717, 1.165) is 114 Å². The Morgan fingerprint density at radius 1 is 0.292 bits per heavy atom. The number of ether oxygens (including phenoxy) is 4. The third-order valence-electron chi connectivity index (χ3n) is 18.5. The largest absolute Gasteiger partial charge is 0.472 e. The minimum Gasteiger partial charge on any atom is -0.462 e. The van der Waals surface area contributed by atoms with Gasteiger partial charge in [-0.3, -0.25) is 37.3 Å². The fourth-order valence-electron chi connectivity index (χ4n) is 11.7. The van der Waals surface area contributed by atoms with Gasteiger partial charge in [0.05, 0.1) is 26.4 Å². The molecule has 7 atom stereocenters. The molecule has 4 unspecified atom stereocenters. The quantitative estimate of drug-likeness (QED) is 0.0222. The Hall–Kier alpha value is -1.94. The van der Waals surface area contributed by atoms with Gasteiger partial charge in [0.2, 0.25) is 0 Å². The zero-order valence-corrected chi connectivity index (χ0v) is 64.8. The van der Waals surface area contributed by atoms with Gasteiger partial charge >= 0.3 is 39.5 Å². The SMILES string of the molecule is CCC(C)CCCCCCCCCCCCC(=O)OC[C@H](COP(=O)(O)OC[C@@H](O)COP(=O)(O)OC[C@@H](COC(=O)CCCCCCCCC(C)C)OC(=O)CCCCCCCCCCCCC(C)CC)OC(=O)CCCCCCCCCCCCCCCCCCC(C)C. The Kier molecular flexibility index (Phi) is 65.0. The Labute approximate surface area is 588 Å². The molecule has 0 saturated heterocycles. The molecule has 0 aromatic carbocycles. The van der Waals surface area contributed by atoms with Gasteiger partial charge in [0.15, 0.2) is 12.2 Å². The highest BCUT2D eigenvalue weighted by Gasteiger charge is 2.30. The summed E-state index contributed by atoms with van der Waals surface area (Å²) in [5, 5.41) is 10.6. The van der Waals surface area contributed by atoms with Gasteiger partial charge in [0.1, 0.15) is 19.3 Å². The van der Waals surface area contributed by atoms with Crippen LogP contribution in [0.4, 0.5) is 0 Å². The fraction of sp³-hybridized carbons (Fsp3) is 0.948. The van der Waals surface area contributed by atoms with E-state index in [0.29, 0.717) is 31.6 Å². The first-order chi connectivity index (χ1) is 46.2. The van der Waals surface area contributed by atoms with Gasteiger partial charge in [-0.1, -0.05) is 338 Å². The topological polar surface area (TPSA) is 237 Å². The van der Waals surface area contributed by atoms with E-state index in [1.54, 1.807) is 0 Å². The zero-order valence-electron chi connectivity index (χ0n) is 63.0. The number of esters is 4. The van der Waals surface area contributed by atoms with Crippen LogP contribution in [0.15, 0.2) is 0 Å². The fourth-order valence-corrected chi connectivity index (χ4v) is 13.2. The highest BCUT2D eigenvalue weighted by Crippen LogP contribution is 2.45. The van der Waals surface area contributed by atoms with Crippen molar-refractivity contribution in [3.63, 3.8) is 0 Å². The highest BCUT2D eigenvalue weighted by molar-refractivity contribution is 7.47. The number of phosphoric acid groups is 2. The molecule has 0 rings (SSSR count). The van der Waals surface area contributed by atoms with Crippen molar-refractivity contribution in [1.29, 1.82) is 0 Å². The van der Waals surface area contributed by atoms with Crippen molar-refractivity contribution in [2.45, 2.75) is 408 Å². The Morgan fingerprint density at radius 3 is 0.740 bits per heavy atom. The van der Waals surface area contributed by atoms with Crippen molar-refractivity contribution < 1.29 is 80.2 Å². The Morgan fingerprint density at radius 2 is 0.500 bits per heavy atom. The van der Waals surface area contributed by atoms with Crippen LogP contribution in [0, 0.1) is 23.7 Å². The molecule has 19 heteroatoms. The standard InChI is InChI=1S/C77H150O17P2/c1-9-69(7)55-47-39-30-24-19-21-26-32-41-49-57-74(79)87-63-72(93-76(81)59-51-43-33-27-18-16-14-12-11-13-15-17-23-29-37-45-53-67(3)4)65-91-95(83,84)89-61-71(78)62-90-96(85,86)92-66-73(64-88-75(80)58-50-42-36-35-38-46-54-68(5)6)94-77(82)60-52-44-34-28-22-20-25-31-40-48-56-70(8)10-2/h67-73,78H,9-66H2,1-8H3,(H,83,84)(H,85,86)/t69?,70?,71-,72-,73-/m1/s1. The summed E-state index contributed by atoms with van der Waals surface area (Å²) in [6, 6.07) is 0. The average Bonchev–Trinajstić information content (AvgIpc) is 1.11. The van der Waals surface area contributed by atoms with Crippen LogP contribution in [0.5, 0.6) is 0 Å². The molecular formula is C77H150O17P2. The molecule has 0 bridgehead atoms. The van der Waals surface area contributed by atoms with Crippen molar-refractivity contribution >= 4 is 39.5 Å². The second kappa shape index (κ2) is 66.3. The minimum absolute atomic E-state index is 0.105. The molecule has 0 aromatic heterocycles. The number of carbonyl (C=O) groups excluding carboxylic acids is 4. The van der Waals surface area contributed by atoms with Crippen LogP contribution in [0.3, 0.4) is 0 Å². The van der Waals surface area contributed by atoms with E-state index in [1.165, 1.54) is 186 Å². The maximum absolute atomic E-state index is 13.1. The summed E-state index contributed by atoms with van der Waals surface area (Å²) in [4.78, 5) is 72.8. The number of aliphatic hydroxyl groups excluding tert-OH is 1. The lowest BCUT2D eigenvalue weighted by atomic mass is 9.99. The Bertz CT molecular complexity index is 1890. The molecule has 0 radical (unpaired) electrons. The number of unbranched alkanes of at least 4 members (excludes halogenated alkanes) is 38. The smallest absolute Gasteiger partial charge is 0.462 e. The molecule has 0 saturated carbocycles. The second-order valence-electron chi connectivity index (χ2n) is 29.2. The molecule has 0 heterocycles. The van der Waals surface area contributed by atoms with E-state index in [1.807, 2.05) is 0 Å². The van der Waals surface area contributed by atoms with Crippen LogP contribution in [0.2, 0.25) is 0 Å². The van der Waals surface area contributed by atoms with Crippen LogP contribution in [0.25, 0.3) is 0 Å². The number of aliphatic hydroxyl groups is 1. The first-order valence-corrected chi connectivity index (χ1v) is 42.8. The van der Waals surface area contributed by atoms with Crippen molar-refractivity contribution in [2.75, 3.05) is 39.6 Å². The molecule has 0 aliphatic carbocycles. The molecule has 0 aliphatic rings. The van der Waals surface area contributed by atoms with Crippen LogP contribution < -0.4 is 0 Å². The number of hydrogen-bond donors (Lipinski definition) is 3. The second-order valence-corrected chi connectivity index (χ2v) is 32.1. The van der Waals surface area contributed by atoms with Gasteiger partial charge in [0.25, 0.3) is 0 Å². The maximum atomic E-state index is 13.1. The normalized spacial score (nSPS) is 14.7. The van der Waals surface area contributed by atoms with Crippen molar-refractivity contribution in [1.82, 2.24) is 0 Å². The summed E-state index contributed by atoms with van der Waals surface area (Å²) >= 11 is 0. The molecular weight excluding hydrogens is 1260 g/mol. The van der Waals surface area contributed by atoms with Gasteiger partial charge in [-0.25, -0.2) is 9.13 Å². The summed E-state index contributed by atoms with van der Waals surface area (Å²) in [7, 11) is -9.91. The molecule has 0 fully saturated rings. The summed E-state index contributed by atoms with van der Waals surface area (Å²) in [6.07, 6.45) is 51.3. The number of rotatable bonds is 74. The molecule has 0 aliphatic heterocycles. The molecule has 0 aromatic rings. The zero-order chi connectivity index (χ0) is 71.0. The first-order valence-electron chi connectivity index (χ1n) is 39.8. The van der Waals surface area contributed by atoms with Gasteiger partial charge in [-0.15, -0.1) is 0 Å². The lowest BCUT2D eigenvalue weighted by molar-refractivity contribution is -0.161. The molecule has 570 valence electrons. The predicted octanol–water partition coefficient (Wildman–Crippen LogP) is 22.4. The third-order valence-corrected chi connectivity index (χ3v) is 20.4. The van der Waals surface area contributed by atoms with E-state index in [9.17, 15) is 43.2 Å². The molecule has 17 nitrogen and oxygen atoms in total. The monoisotopic (exact) mass is 1410 g/mol. The van der Waals surface area contributed by atoms with Crippen LogP contribution in [-0.2, 0) is 65.4 Å². The molecule has 96 heavy (non-hydrogen) atoms. The van der Waals surface area contributed by atoms with Gasteiger partial charge in [0, 0.05) is 25.7 Å².